The number of nitrogens with zero attached hydrogens (tertiary/aromatic N) is 7. The molecule has 0 unspecified atom stereocenters. The molecule has 5 heterocycles. The Hall–Kier alpha value is -4.08. The van der Waals surface area contributed by atoms with E-state index in [2.05, 4.69) is 19.9 Å². The number of imidazole rings is 1. The molecule has 10 heteroatoms. The second kappa shape index (κ2) is 7.07. The summed E-state index contributed by atoms with van der Waals surface area (Å²) in [5.74, 6) is 1.42. The van der Waals surface area contributed by atoms with Crippen LogP contribution in [0.2, 0.25) is 0 Å². The van der Waals surface area contributed by atoms with Gasteiger partial charge in [-0.15, -0.1) is 0 Å². The predicted octanol–water partition coefficient (Wildman–Crippen LogP) is 0.991. The highest BCUT2D eigenvalue weighted by atomic mass is 16.2. The number of hydrogen-bond acceptors (Lipinski definition) is 7. The summed E-state index contributed by atoms with van der Waals surface area (Å²) in [5, 5.41) is 0. The minimum Gasteiger partial charge on any atom is -0.347 e. The van der Waals surface area contributed by atoms with Crippen LogP contribution >= 0.6 is 0 Å². The maximum absolute atomic E-state index is 12.9. The molecular weight excluding hydrogens is 384 g/mol. The smallest absolute Gasteiger partial charge is 0.333 e. The summed E-state index contributed by atoms with van der Waals surface area (Å²) in [6.07, 6.45) is 4.98. The number of pyridine rings is 2. The molecule has 30 heavy (non-hydrogen) atoms. The van der Waals surface area contributed by atoms with Gasteiger partial charge in [0.15, 0.2) is 5.65 Å². The minimum atomic E-state index is -0.342. The quantitative estimate of drug-likeness (QED) is 0.544. The molecule has 5 rings (SSSR count). The first-order valence-electron chi connectivity index (χ1n) is 9.45. The summed E-state index contributed by atoms with van der Waals surface area (Å²) in [6, 6.07) is 8.69. The molecule has 0 atom stereocenters. The van der Waals surface area contributed by atoms with E-state index in [1.54, 1.807) is 60.9 Å². The first-order valence-corrected chi connectivity index (χ1v) is 9.45. The van der Waals surface area contributed by atoms with Crippen LogP contribution in [-0.2, 0) is 6.54 Å². The maximum atomic E-state index is 12.9. The van der Waals surface area contributed by atoms with Gasteiger partial charge in [0.05, 0.1) is 17.6 Å². The Morgan fingerprint density at radius 2 is 1.80 bits per heavy atom. The first kappa shape index (κ1) is 18.0. The van der Waals surface area contributed by atoms with E-state index >= 15 is 0 Å². The molecule has 1 N–H and O–H groups in total. The molecule has 0 saturated carbocycles. The standard InChI is InChI=1S/C20H18N8O2/c1-26-10-11-27(12-15-21-8-3-9-22-15)18-13(19(26)29)5-6-16(24-18)28-14-4-2-7-23-17(14)25-20(28)30/h2-9H,10-12H2,1H3,(H,23,25,30). The number of anilines is 1. The van der Waals surface area contributed by atoms with E-state index in [0.717, 1.165) is 0 Å². The lowest BCUT2D eigenvalue weighted by molar-refractivity contribution is 0.0804. The van der Waals surface area contributed by atoms with Gasteiger partial charge in [0.1, 0.15) is 17.5 Å². The van der Waals surface area contributed by atoms with Crippen LogP contribution in [0.25, 0.3) is 17.0 Å². The van der Waals surface area contributed by atoms with Gasteiger partial charge in [-0.05, 0) is 30.3 Å². The van der Waals surface area contributed by atoms with Crippen LogP contribution in [0.1, 0.15) is 16.2 Å². The fourth-order valence-electron chi connectivity index (χ4n) is 3.56. The van der Waals surface area contributed by atoms with E-state index in [-0.39, 0.29) is 11.6 Å². The van der Waals surface area contributed by atoms with Crippen LogP contribution in [0.3, 0.4) is 0 Å². The molecule has 10 nitrogen and oxygen atoms in total. The fraction of sp³-hybridized carbons (Fsp3) is 0.200. The zero-order chi connectivity index (χ0) is 20.7. The fourth-order valence-corrected chi connectivity index (χ4v) is 3.56. The lowest BCUT2D eigenvalue weighted by Gasteiger charge is -2.22. The Bertz CT molecular complexity index is 1300. The van der Waals surface area contributed by atoms with Crippen molar-refractivity contribution in [3.63, 3.8) is 0 Å². The number of aromatic amines is 1. The van der Waals surface area contributed by atoms with Gasteiger partial charge in [0.2, 0.25) is 0 Å². The molecular formula is C20H18N8O2. The molecule has 0 fully saturated rings. The first-order chi connectivity index (χ1) is 14.6. The maximum Gasteiger partial charge on any atom is 0.333 e. The number of H-pyrrole nitrogens is 1. The van der Waals surface area contributed by atoms with Crippen molar-refractivity contribution >= 4 is 22.9 Å². The summed E-state index contributed by atoms with van der Waals surface area (Å²) in [7, 11) is 1.76. The zero-order valence-electron chi connectivity index (χ0n) is 16.2. The van der Waals surface area contributed by atoms with Gasteiger partial charge < -0.3 is 9.80 Å². The molecule has 0 saturated heterocycles. The van der Waals surface area contributed by atoms with E-state index in [0.29, 0.717) is 53.8 Å². The number of rotatable bonds is 3. The van der Waals surface area contributed by atoms with Crippen LogP contribution in [0.15, 0.2) is 53.7 Å². The molecule has 4 aromatic rings. The van der Waals surface area contributed by atoms with Crippen LogP contribution in [0, 0.1) is 0 Å². The van der Waals surface area contributed by atoms with Crippen LogP contribution in [-0.4, -0.2) is 60.4 Å². The number of carbonyl (C=O) groups is 1. The lowest BCUT2D eigenvalue weighted by atomic mass is 10.2. The third-order valence-electron chi connectivity index (χ3n) is 5.08. The average Bonchev–Trinajstić information content (AvgIpc) is 3.06. The van der Waals surface area contributed by atoms with Crippen molar-refractivity contribution in [2.75, 3.05) is 25.0 Å². The number of likely N-dealkylation sites (N-methyl/N-ethyl adjacent to an activating group) is 1. The Labute approximate surface area is 170 Å². The molecule has 1 aliphatic heterocycles. The SMILES string of the molecule is CN1CCN(Cc2ncccn2)c2nc(-n3c(=O)[nH]c4ncccc43)ccc2C1=O. The van der Waals surface area contributed by atoms with Gasteiger partial charge in [-0.2, -0.15) is 0 Å². The van der Waals surface area contributed by atoms with Crippen molar-refractivity contribution < 1.29 is 4.79 Å². The van der Waals surface area contributed by atoms with Gasteiger partial charge in [0.25, 0.3) is 5.91 Å². The molecule has 150 valence electrons. The van der Waals surface area contributed by atoms with Crippen molar-refractivity contribution in [1.29, 1.82) is 0 Å². The van der Waals surface area contributed by atoms with E-state index in [9.17, 15) is 9.59 Å². The van der Waals surface area contributed by atoms with Gasteiger partial charge in [-0.25, -0.2) is 29.3 Å². The van der Waals surface area contributed by atoms with Gasteiger partial charge in [0, 0.05) is 38.7 Å². The molecule has 0 radical (unpaired) electrons. The number of aromatic nitrogens is 6. The monoisotopic (exact) mass is 402 g/mol. The highest BCUT2D eigenvalue weighted by Crippen LogP contribution is 2.26. The predicted molar refractivity (Wildman–Crippen MR) is 110 cm³/mol. The van der Waals surface area contributed by atoms with Gasteiger partial charge in [-0.3, -0.25) is 9.78 Å². The molecule has 0 spiro atoms. The molecule has 1 amide bonds. The zero-order valence-corrected chi connectivity index (χ0v) is 16.2. The minimum absolute atomic E-state index is 0.117. The largest absolute Gasteiger partial charge is 0.347 e. The summed E-state index contributed by atoms with van der Waals surface area (Å²) in [6.45, 7) is 1.50. The summed E-state index contributed by atoms with van der Waals surface area (Å²) in [5.41, 5.74) is 1.22. The van der Waals surface area contributed by atoms with Crippen LogP contribution in [0.5, 0.6) is 0 Å². The molecule has 0 bridgehead atoms. The van der Waals surface area contributed by atoms with Crippen LogP contribution in [0.4, 0.5) is 5.82 Å². The highest BCUT2D eigenvalue weighted by Gasteiger charge is 2.27. The molecule has 0 aromatic carbocycles. The second-order valence-corrected chi connectivity index (χ2v) is 6.99. The Morgan fingerprint density at radius 3 is 2.63 bits per heavy atom. The highest BCUT2D eigenvalue weighted by molar-refractivity contribution is 5.99. The lowest BCUT2D eigenvalue weighted by Crippen LogP contribution is -2.32. The number of hydrogen-bond donors (Lipinski definition) is 1. The Balaban J connectivity index is 1.66. The number of fused-ring (bicyclic) bond motifs is 2. The van der Waals surface area contributed by atoms with Crippen molar-refractivity contribution in [1.82, 2.24) is 34.4 Å². The van der Waals surface area contributed by atoms with E-state index in [4.69, 9.17) is 4.98 Å². The summed E-state index contributed by atoms with van der Waals surface area (Å²) < 4.78 is 1.46. The summed E-state index contributed by atoms with van der Waals surface area (Å²) >= 11 is 0. The van der Waals surface area contributed by atoms with Gasteiger partial charge in [-0.1, -0.05) is 0 Å². The number of nitrogens with one attached hydrogen (secondary N) is 1. The Morgan fingerprint density at radius 1 is 1.00 bits per heavy atom. The third kappa shape index (κ3) is 2.98. The molecule has 1 aliphatic rings. The normalized spacial score (nSPS) is 14.1. The Kier molecular flexibility index (Phi) is 4.24. The van der Waals surface area contributed by atoms with Gasteiger partial charge >= 0.3 is 5.69 Å². The number of carbonyl (C=O) groups excluding carboxylic acids is 1. The van der Waals surface area contributed by atoms with Crippen molar-refractivity contribution in [3.05, 3.63) is 70.8 Å². The van der Waals surface area contributed by atoms with Crippen molar-refractivity contribution in [2.45, 2.75) is 6.54 Å². The second-order valence-electron chi connectivity index (χ2n) is 6.99. The third-order valence-corrected chi connectivity index (χ3v) is 5.08. The van der Waals surface area contributed by atoms with E-state index in [1.807, 2.05) is 4.90 Å². The average molecular weight is 402 g/mol. The number of amides is 1. The van der Waals surface area contributed by atoms with Crippen molar-refractivity contribution in [3.8, 4) is 5.82 Å². The molecule has 4 aromatic heterocycles. The topological polar surface area (TPSA) is 113 Å². The summed E-state index contributed by atoms with van der Waals surface area (Å²) in [4.78, 5) is 49.3. The van der Waals surface area contributed by atoms with Crippen molar-refractivity contribution in [2.24, 2.45) is 0 Å². The van der Waals surface area contributed by atoms with E-state index < -0.39 is 0 Å². The molecule has 0 aliphatic carbocycles. The van der Waals surface area contributed by atoms with Crippen LogP contribution < -0.4 is 10.6 Å². The van der Waals surface area contributed by atoms with E-state index in [1.165, 1.54) is 4.57 Å².